The number of amides is 1. The summed E-state index contributed by atoms with van der Waals surface area (Å²) in [5.41, 5.74) is 3.85. The minimum Gasteiger partial charge on any atom is -0.334 e. The van der Waals surface area contributed by atoms with Crippen LogP contribution in [-0.2, 0) is 24.1 Å². The number of carbonyl (C=O) groups is 1. The van der Waals surface area contributed by atoms with E-state index in [-0.39, 0.29) is 48.8 Å². The van der Waals surface area contributed by atoms with E-state index in [0.29, 0.717) is 12.5 Å². The van der Waals surface area contributed by atoms with Gasteiger partial charge in [0.15, 0.2) is 0 Å². The summed E-state index contributed by atoms with van der Waals surface area (Å²) in [4.78, 5) is 27.0. The van der Waals surface area contributed by atoms with Gasteiger partial charge in [-0.15, -0.1) is 0 Å². The Morgan fingerprint density at radius 3 is 2.52 bits per heavy atom. The van der Waals surface area contributed by atoms with Crippen LogP contribution in [0.1, 0.15) is 37.1 Å². The quantitative estimate of drug-likeness (QED) is 0.798. The van der Waals surface area contributed by atoms with E-state index in [1.165, 1.54) is 11.5 Å². The van der Waals surface area contributed by atoms with Crippen molar-refractivity contribution in [2.45, 2.75) is 52.5 Å². The number of hydrogen-bond donors (Lipinski definition) is 1. The molecular weight excluding hydrogens is 359 g/mol. The lowest BCUT2D eigenvalue weighted by molar-refractivity contribution is -0.143. The maximum atomic E-state index is 13.3. The molecule has 0 unspecified atom stereocenters. The number of alkyl halides is 3. The van der Waals surface area contributed by atoms with E-state index < -0.39 is 22.7 Å². The summed E-state index contributed by atoms with van der Waals surface area (Å²) >= 11 is 0. The maximum absolute atomic E-state index is 13.3. The van der Waals surface area contributed by atoms with E-state index in [9.17, 15) is 22.8 Å². The van der Waals surface area contributed by atoms with Gasteiger partial charge in [-0.05, 0) is 24.8 Å². The number of pyridine rings is 1. The highest BCUT2D eigenvalue weighted by atomic mass is 19.4. The van der Waals surface area contributed by atoms with Crippen molar-refractivity contribution in [2.75, 3.05) is 6.54 Å². The predicted octanol–water partition coefficient (Wildman–Crippen LogP) is 2.45. The summed E-state index contributed by atoms with van der Waals surface area (Å²) in [6.07, 6.45) is -0.474. The summed E-state index contributed by atoms with van der Waals surface area (Å²) in [5, 5.41) is 0. The van der Waals surface area contributed by atoms with Gasteiger partial charge in [0.1, 0.15) is 0 Å². The van der Waals surface area contributed by atoms with E-state index in [2.05, 4.69) is 0 Å². The second-order valence-corrected chi connectivity index (χ2v) is 7.77. The number of fused-ring (bicyclic) bond motifs is 1. The lowest BCUT2D eigenvalue weighted by Crippen LogP contribution is -2.50. The van der Waals surface area contributed by atoms with Gasteiger partial charge in [-0.25, -0.2) is 0 Å². The van der Waals surface area contributed by atoms with Gasteiger partial charge in [0.2, 0.25) is 5.91 Å². The van der Waals surface area contributed by atoms with Crippen LogP contribution in [0.4, 0.5) is 13.2 Å². The first-order valence-electron chi connectivity index (χ1n) is 9.02. The van der Waals surface area contributed by atoms with Crippen LogP contribution >= 0.6 is 0 Å². The Morgan fingerprint density at radius 1 is 1.33 bits per heavy atom. The molecule has 1 amide bonds. The molecule has 0 saturated carbocycles. The summed E-state index contributed by atoms with van der Waals surface area (Å²) < 4.78 is 41.1. The van der Waals surface area contributed by atoms with Crippen molar-refractivity contribution in [2.24, 2.45) is 17.1 Å². The molecule has 5 nitrogen and oxygen atoms in total. The molecule has 0 radical (unpaired) electrons. The molecule has 2 heterocycles. The average Bonchev–Trinajstić information content (AvgIpc) is 2.99. The zero-order chi connectivity index (χ0) is 20.1. The highest BCUT2D eigenvalue weighted by Crippen LogP contribution is 2.41. The first kappa shape index (κ1) is 19.7. The molecule has 1 aliphatic carbocycles. The summed E-state index contributed by atoms with van der Waals surface area (Å²) in [6.45, 7) is 5.69. The van der Waals surface area contributed by atoms with Gasteiger partial charge in [-0.2, -0.15) is 13.2 Å². The molecule has 0 aromatic carbocycles. The highest BCUT2D eigenvalue weighted by molar-refractivity contribution is 5.86. The molecule has 0 saturated heterocycles. The van der Waals surface area contributed by atoms with Crippen molar-refractivity contribution in [3.8, 4) is 0 Å². The summed E-state index contributed by atoms with van der Waals surface area (Å²) in [5.74, 6) is -0.140. The third kappa shape index (κ3) is 3.20. The molecular formula is C19H24F3N3O2. The Hall–Kier alpha value is -2.09. The van der Waals surface area contributed by atoms with Crippen LogP contribution in [0, 0.1) is 18.3 Å². The normalized spacial score (nSPS) is 25.2. The molecule has 27 heavy (non-hydrogen) atoms. The van der Waals surface area contributed by atoms with Crippen molar-refractivity contribution in [1.82, 2.24) is 9.47 Å². The molecule has 1 aromatic heterocycles. The second-order valence-electron chi connectivity index (χ2n) is 7.77. The van der Waals surface area contributed by atoms with Crippen molar-refractivity contribution >= 4 is 5.91 Å². The third-order valence-electron chi connectivity index (χ3n) is 5.87. The fourth-order valence-electron chi connectivity index (χ4n) is 4.15. The molecule has 8 heteroatoms. The van der Waals surface area contributed by atoms with Crippen LogP contribution in [0.2, 0.25) is 0 Å². The molecule has 0 fully saturated rings. The zero-order valence-corrected chi connectivity index (χ0v) is 15.6. The van der Waals surface area contributed by atoms with Crippen molar-refractivity contribution in [3.63, 3.8) is 0 Å². The second kappa shape index (κ2) is 6.51. The van der Waals surface area contributed by atoms with Crippen molar-refractivity contribution in [3.05, 3.63) is 45.4 Å². The van der Waals surface area contributed by atoms with Gasteiger partial charge in [0, 0.05) is 30.9 Å². The van der Waals surface area contributed by atoms with E-state index in [4.69, 9.17) is 5.73 Å². The minimum absolute atomic E-state index is 0.00141. The van der Waals surface area contributed by atoms with Crippen molar-refractivity contribution < 1.29 is 18.0 Å². The van der Waals surface area contributed by atoms with E-state index in [0.717, 1.165) is 0 Å². The number of carbonyl (C=O) groups excluding carboxylic acids is 1. The number of nitrogens with two attached hydrogens (primary N) is 1. The lowest BCUT2D eigenvalue weighted by Gasteiger charge is -2.39. The minimum atomic E-state index is -4.61. The monoisotopic (exact) mass is 383 g/mol. The maximum Gasteiger partial charge on any atom is 0.416 e. The van der Waals surface area contributed by atoms with E-state index in [1.54, 1.807) is 4.90 Å². The molecule has 2 N–H and O–H groups in total. The van der Waals surface area contributed by atoms with Gasteiger partial charge in [-0.1, -0.05) is 26.0 Å². The summed E-state index contributed by atoms with van der Waals surface area (Å²) in [6, 6.07) is 0.430. The lowest BCUT2D eigenvalue weighted by atomic mass is 9.75. The Balaban J connectivity index is 1.99. The van der Waals surface area contributed by atoms with Crippen molar-refractivity contribution in [1.29, 1.82) is 0 Å². The van der Waals surface area contributed by atoms with Crippen LogP contribution in [-0.4, -0.2) is 28.0 Å². The molecule has 2 atom stereocenters. The van der Waals surface area contributed by atoms with Crippen LogP contribution in [0.3, 0.4) is 0 Å². The summed E-state index contributed by atoms with van der Waals surface area (Å²) in [7, 11) is 0. The highest BCUT2D eigenvalue weighted by Gasteiger charge is 2.46. The fraction of sp³-hybridized carbons (Fsp3) is 0.579. The number of nitrogens with zero attached hydrogens (tertiary/aromatic N) is 2. The molecule has 1 aromatic rings. The molecule has 3 rings (SSSR count). The van der Waals surface area contributed by atoms with Gasteiger partial charge in [0.05, 0.1) is 17.5 Å². The topological polar surface area (TPSA) is 68.3 Å². The first-order valence-corrected chi connectivity index (χ1v) is 9.02. The van der Waals surface area contributed by atoms with Gasteiger partial charge >= 0.3 is 6.18 Å². The van der Waals surface area contributed by atoms with E-state index in [1.807, 2.05) is 26.0 Å². The first-order chi connectivity index (χ1) is 12.5. The zero-order valence-electron chi connectivity index (χ0n) is 15.6. The predicted molar refractivity (Wildman–Crippen MR) is 94.9 cm³/mol. The van der Waals surface area contributed by atoms with Gasteiger partial charge in [-0.3, -0.25) is 9.59 Å². The van der Waals surface area contributed by atoms with Gasteiger partial charge < -0.3 is 15.2 Å². The Labute approximate surface area is 155 Å². The van der Waals surface area contributed by atoms with Crippen LogP contribution in [0.25, 0.3) is 0 Å². The van der Waals surface area contributed by atoms with E-state index >= 15 is 0 Å². The number of rotatable bonds is 2. The van der Waals surface area contributed by atoms with Gasteiger partial charge in [0.25, 0.3) is 5.56 Å². The molecule has 2 aliphatic rings. The number of halogens is 3. The van der Waals surface area contributed by atoms with Crippen LogP contribution in [0.5, 0.6) is 0 Å². The smallest absolute Gasteiger partial charge is 0.334 e. The third-order valence-corrected chi connectivity index (χ3v) is 5.87. The largest absolute Gasteiger partial charge is 0.416 e. The standard InChI is InChI=1S/C19H24F3N3O2/c1-11(2)18(5-4-13(23)9-18)17(27)24-6-7-25-15(10-24)12(3)14(8-16(25)26)19(20,21)22/h4-5,8,11,13H,6-7,9-10,23H2,1-3H3/t13-,18+/m1/s1. The SMILES string of the molecule is Cc1c(C(F)(F)F)cc(=O)n2c1CN(C(=O)[C@@]1(C(C)C)C=C[C@@H](N)C1)CC2. The molecule has 0 spiro atoms. The fourth-order valence-corrected chi connectivity index (χ4v) is 4.15. The Kier molecular flexibility index (Phi) is 4.74. The average molecular weight is 383 g/mol. The Morgan fingerprint density at radius 2 is 2.00 bits per heavy atom. The van der Waals surface area contributed by atoms with Crippen LogP contribution in [0.15, 0.2) is 23.0 Å². The number of hydrogen-bond acceptors (Lipinski definition) is 3. The molecule has 148 valence electrons. The Bertz CT molecular complexity index is 857. The number of aromatic nitrogens is 1. The molecule has 1 aliphatic heterocycles. The molecule has 0 bridgehead atoms. The van der Waals surface area contributed by atoms with Crippen LogP contribution < -0.4 is 11.3 Å².